The first kappa shape index (κ1) is 18.6. The molecule has 31 heavy (non-hydrogen) atoms. The van der Waals surface area contributed by atoms with E-state index in [0.29, 0.717) is 33.1 Å². The van der Waals surface area contributed by atoms with Gasteiger partial charge in [-0.3, -0.25) is 4.79 Å². The Morgan fingerprint density at radius 3 is 2.55 bits per heavy atom. The Labute approximate surface area is 175 Å². The van der Waals surface area contributed by atoms with Crippen LogP contribution in [0.5, 0.6) is 5.88 Å². The molecule has 7 heteroatoms. The van der Waals surface area contributed by atoms with Gasteiger partial charge in [-0.2, -0.15) is 0 Å². The molecule has 6 nitrogen and oxygen atoms in total. The Bertz CT molecular complexity index is 1480. The molecule has 1 amide bonds. The molecule has 0 fully saturated rings. The lowest BCUT2D eigenvalue weighted by atomic mass is 10.0. The van der Waals surface area contributed by atoms with E-state index in [-0.39, 0.29) is 11.6 Å². The third-order valence-electron chi connectivity index (χ3n) is 4.97. The molecule has 2 N–H and O–H groups in total. The number of para-hydroxylation sites is 1. The summed E-state index contributed by atoms with van der Waals surface area (Å²) in [5, 5.41) is 18.8. The zero-order valence-electron chi connectivity index (χ0n) is 16.1. The summed E-state index contributed by atoms with van der Waals surface area (Å²) in [6.45, 7) is 0. The smallest absolute Gasteiger partial charge is 0.296 e. The average Bonchev–Trinajstić information content (AvgIpc) is 3.11. The third-order valence-corrected chi connectivity index (χ3v) is 4.97. The first-order valence-corrected chi connectivity index (χ1v) is 9.51. The number of pyridine rings is 1. The quantitative estimate of drug-likeness (QED) is 0.349. The van der Waals surface area contributed by atoms with Gasteiger partial charge in [0.05, 0.1) is 22.3 Å². The number of azo groups is 1. The Morgan fingerprint density at radius 1 is 0.935 bits per heavy atom. The van der Waals surface area contributed by atoms with Gasteiger partial charge in [0.2, 0.25) is 5.88 Å². The number of carbonyl (C=O) groups excluding carboxylic acids is 1. The van der Waals surface area contributed by atoms with E-state index < -0.39 is 11.7 Å². The van der Waals surface area contributed by atoms with Crippen LogP contribution in [0.4, 0.5) is 10.1 Å². The Kier molecular flexibility index (Phi) is 4.48. The molecule has 0 unspecified atom stereocenters. The van der Waals surface area contributed by atoms with Crippen LogP contribution < -0.4 is 0 Å². The van der Waals surface area contributed by atoms with Gasteiger partial charge in [0.15, 0.2) is 5.69 Å². The minimum absolute atomic E-state index is 0.00416. The second-order valence-electron chi connectivity index (χ2n) is 6.96. The topological polar surface area (TPSA) is 90.7 Å². The van der Waals surface area contributed by atoms with E-state index in [4.69, 9.17) is 0 Å². The Balaban J connectivity index is 1.60. The number of hydrogen-bond donors (Lipinski definition) is 2. The van der Waals surface area contributed by atoms with E-state index in [1.807, 2.05) is 48.5 Å². The highest BCUT2D eigenvalue weighted by molar-refractivity contribution is 6.07. The van der Waals surface area contributed by atoms with E-state index in [2.05, 4.69) is 20.2 Å². The number of benzene rings is 3. The van der Waals surface area contributed by atoms with Crippen molar-refractivity contribution in [3.8, 4) is 17.1 Å². The van der Waals surface area contributed by atoms with Gasteiger partial charge in [0.25, 0.3) is 5.91 Å². The van der Waals surface area contributed by atoms with Gasteiger partial charge in [-0.15, -0.1) is 10.2 Å². The van der Waals surface area contributed by atoms with Crippen molar-refractivity contribution >= 4 is 33.4 Å². The maximum absolute atomic E-state index is 13.6. The van der Waals surface area contributed by atoms with Gasteiger partial charge in [-0.1, -0.05) is 48.5 Å². The zero-order chi connectivity index (χ0) is 21.4. The highest BCUT2D eigenvalue weighted by atomic mass is 19.1. The minimum atomic E-state index is -0.596. The third kappa shape index (κ3) is 3.42. The van der Waals surface area contributed by atoms with Crippen LogP contribution in [-0.4, -0.2) is 21.0 Å². The number of hydrogen-bond acceptors (Lipinski definition) is 4. The number of aromatic amines is 1. The number of fused-ring (bicyclic) bond motifs is 2. The average molecular weight is 410 g/mol. The fraction of sp³-hybridized carbons (Fsp3) is 0. The molecule has 0 atom stereocenters. The molecule has 5 aromatic rings. The molecule has 150 valence electrons. The second kappa shape index (κ2) is 7.46. The van der Waals surface area contributed by atoms with E-state index in [1.54, 1.807) is 12.1 Å². The molecular weight excluding hydrogens is 395 g/mol. The normalized spacial score (nSPS) is 11.5. The van der Waals surface area contributed by atoms with Crippen LogP contribution >= 0.6 is 0 Å². The number of H-pyrrole nitrogens is 1. The second-order valence-corrected chi connectivity index (χ2v) is 6.96. The van der Waals surface area contributed by atoms with Gasteiger partial charge in [-0.25, -0.2) is 9.37 Å². The number of rotatable bonds is 3. The molecule has 0 bridgehead atoms. The van der Waals surface area contributed by atoms with Crippen molar-refractivity contribution in [1.29, 1.82) is 0 Å². The molecule has 0 saturated carbocycles. The number of nitrogens with one attached hydrogen (secondary N) is 1. The summed E-state index contributed by atoms with van der Waals surface area (Å²) in [6, 6.07) is 22.4. The molecule has 2 aromatic heterocycles. The number of aromatic nitrogens is 2. The fourth-order valence-electron chi connectivity index (χ4n) is 3.50. The van der Waals surface area contributed by atoms with E-state index in [0.717, 1.165) is 5.56 Å². The zero-order valence-corrected chi connectivity index (χ0v) is 16.1. The molecule has 0 aliphatic rings. The summed E-state index contributed by atoms with van der Waals surface area (Å²) >= 11 is 0. The van der Waals surface area contributed by atoms with Crippen molar-refractivity contribution in [2.24, 2.45) is 10.2 Å². The number of carbonyl (C=O) groups is 1. The van der Waals surface area contributed by atoms with Gasteiger partial charge in [-0.05, 0) is 30.3 Å². The predicted octanol–water partition coefficient (Wildman–Crippen LogP) is 6.15. The van der Waals surface area contributed by atoms with Crippen LogP contribution in [0, 0.1) is 5.82 Å². The molecule has 0 saturated heterocycles. The van der Waals surface area contributed by atoms with Crippen LogP contribution in [0.15, 0.2) is 89.1 Å². The molecule has 2 heterocycles. The summed E-state index contributed by atoms with van der Waals surface area (Å²) in [6.07, 6.45) is 0. The van der Waals surface area contributed by atoms with Crippen LogP contribution in [-0.2, 0) is 0 Å². The Morgan fingerprint density at radius 2 is 1.71 bits per heavy atom. The molecule has 0 spiro atoms. The van der Waals surface area contributed by atoms with Crippen molar-refractivity contribution in [2.75, 3.05) is 0 Å². The van der Waals surface area contributed by atoms with E-state index in [9.17, 15) is 14.3 Å². The van der Waals surface area contributed by atoms with Crippen molar-refractivity contribution in [1.82, 2.24) is 9.97 Å². The number of aromatic hydroxyl groups is 1. The summed E-state index contributed by atoms with van der Waals surface area (Å²) in [4.78, 5) is 20.3. The van der Waals surface area contributed by atoms with Gasteiger partial charge in [0.1, 0.15) is 5.82 Å². The first-order valence-electron chi connectivity index (χ1n) is 9.51. The van der Waals surface area contributed by atoms with Gasteiger partial charge >= 0.3 is 0 Å². The maximum Gasteiger partial charge on any atom is 0.296 e. The summed E-state index contributed by atoms with van der Waals surface area (Å²) in [7, 11) is 0. The number of nitrogens with zero attached hydrogens (tertiary/aromatic N) is 3. The molecule has 0 radical (unpaired) electrons. The predicted molar refractivity (Wildman–Crippen MR) is 116 cm³/mol. The highest BCUT2D eigenvalue weighted by Gasteiger charge is 2.16. The fourth-order valence-corrected chi connectivity index (χ4v) is 3.50. The first-order chi connectivity index (χ1) is 15.1. The van der Waals surface area contributed by atoms with Crippen LogP contribution in [0.3, 0.4) is 0 Å². The lowest BCUT2D eigenvalue weighted by Crippen LogP contribution is -1.98. The summed E-state index contributed by atoms with van der Waals surface area (Å²) in [5.74, 6) is -1.37. The SMILES string of the molecule is O=C(N=Nc1c(O)[nH]c2ccc(F)cc12)c1cc(-c2ccccc2)nc2ccccc12. The van der Waals surface area contributed by atoms with Crippen LogP contribution in [0.2, 0.25) is 0 Å². The van der Waals surface area contributed by atoms with Gasteiger partial charge in [0, 0.05) is 16.3 Å². The van der Waals surface area contributed by atoms with E-state index in [1.165, 1.54) is 18.2 Å². The van der Waals surface area contributed by atoms with Gasteiger partial charge < -0.3 is 10.1 Å². The lowest BCUT2D eigenvalue weighted by molar-refractivity contribution is 0.0996. The lowest BCUT2D eigenvalue weighted by Gasteiger charge is -2.07. The molecule has 0 aliphatic carbocycles. The largest absolute Gasteiger partial charge is 0.493 e. The molecule has 5 rings (SSSR count). The summed E-state index contributed by atoms with van der Waals surface area (Å²) in [5.41, 5.74) is 2.97. The molecule has 3 aromatic carbocycles. The molecule has 0 aliphatic heterocycles. The van der Waals surface area contributed by atoms with Crippen molar-refractivity contribution in [3.05, 3.63) is 90.2 Å². The number of halogens is 1. The monoisotopic (exact) mass is 410 g/mol. The van der Waals surface area contributed by atoms with Crippen molar-refractivity contribution in [3.63, 3.8) is 0 Å². The van der Waals surface area contributed by atoms with E-state index >= 15 is 0 Å². The van der Waals surface area contributed by atoms with Crippen molar-refractivity contribution < 1.29 is 14.3 Å². The van der Waals surface area contributed by atoms with Crippen LogP contribution in [0.1, 0.15) is 10.4 Å². The Hall–Kier alpha value is -4.39. The molecular formula is C24H15FN4O2. The van der Waals surface area contributed by atoms with Crippen molar-refractivity contribution in [2.45, 2.75) is 0 Å². The van der Waals surface area contributed by atoms with Crippen LogP contribution in [0.25, 0.3) is 33.1 Å². The maximum atomic E-state index is 13.6. The number of amides is 1. The standard InChI is InChI=1S/C24H15FN4O2/c25-15-10-11-20-18(12-15)22(24(31)27-20)28-29-23(30)17-13-21(14-6-2-1-3-7-14)26-19-9-5-4-8-16(17)19/h1-13,27,31H. The minimum Gasteiger partial charge on any atom is -0.493 e. The summed E-state index contributed by atoms with van der Waals surface area (Å²) < 4.78 is 13.6. The highest BCUT2D eigenvalue weighted by Crippen LogP contribution is 2.36.